The van der Waals surface area contributed by atoms with Gasteiger partial charge < -0.3 is 11.5 Å². The predicted molar refractivity (Wildman–Crippen MR) is 91.0 cm³/mol. The smallest absolute Gasteiger partial charge is 0.341 e. The van der Waals surface area contributed by atoms with E-state index in [1.807, 2.05) is 12.1 Å². The number of primary amides is 1. The van der Waals surface area contributed by atoms with Crippen molar-refractivity contribution in [2.24, 2.45) is 5.73 Å². The summed E-state index contributed by atoms with van der Waals surface area (Å²) < 4.78 is 0.996. The van der Waals surface area contributed by atoms with Crippen molar-refractivity contribution in [2.75, 3.05) is 5.73 Å². The molecule has 1 aromatic heterocycles. The van der Waals surface area contributed by atoms with Crippen molar-refractivity contribution in [3.8, 4) is 11.1 Å². The van der Waals surface area contributed by atoms with Crippen LogP contribution in [0.25, 0.3) is 11.1 Å². The lowest BCUT2D eigenvalue weighted by atomic mass is 10.0. The Morgan fingerprint density at radius 2 is 1.87 bits per heavy atom. The highest BCUT2D eigenvalue weighted by molar-refractivity contribution is 5.83. The molecular weight excluding hydrogens is 288 g/mol. The molecule has 0 fully saturated rings. The summed E-state index contributed by atoms with van der Waals surface area (Å²) in [5.41, 5.74) is 16.5. The van der Waals surface area contributed by atoms with Gasteiger partial charge in [0.1, 0.15) is 5.82 Å². The van der Waals surface area contributed by atoms with Crippen LogP contribution < -0.4 is 11.5 Å². The normalized spacial score (nSPS) is 10.7. The zero-order valence-corrected chi connectivity index (χ0v) is 12.9. The van der Waals surface area contributed by atoms with Crippen LogP contribution in [0.4, 0.5) is 10.6 Å². The third-order valence-corrected chi connectivity index (χ3v) is 3.77. The van der Waals surface area contributed by atoms with Gasteiger partial charge in [0.15, 0.2) is 0 Å². The Balaban J connectivity index is 1.83. The summed E-state index contributed by atoms with van der Waals surface area (Å²) in [5.74, 6) is 0.254. The molecule has 0 atom stereocenters. The van der Waals surface area contributed by atoms with E-state index < -0.39 is 6.03 Å². The molecule has 0 aliphatic rings. The van der Waals surface area contributed by atoms with E-state index in [0.29, 0.717) is 5.56 Å². The zero-order chi connectivity index (χ0) is 16.4. The van der Waals surface area contributed by atoms with Crippen LogP contribution in [0.2, 0.25) is 0 Å². The van der Waals surface area contributed by atoms with E-state index in [2.05, 4.69) is 48.4 Å². The number of carbonyl (C=O) groups is 1. The van der Waals surface area contributed by atoms with Gasteiger partial charge in [0.25, 0.3) is 0 Å². The second-order valence-corrected chi connectivity index (χ2v) is 5.56. The topological polar surface area (TPSA) is 86.9 Å². The first-order valence-electron chi connectivity index (χ1n) is 7.33. The van der Waals surface area contributed by atoms with Gasteiger partial charge in [-0.15, -0.1) is 0 Å². The second kappa shape index (κ2) is 5.96. The van der Waals surface area contributed by atoms with Gasteiger partial charge in [-0.05, 0) is 30.0 Å². The number of aryl methyl sites for hydroxylation is 1. The van der Waals surface area contributed by atoms with Crippen molar-refractivity contribution in [1.82, 2.24) is 9.78 Å². The molecule has 1 heterocycles. The molecule has 116 valence electrons. The maximum absolute atomic E-state index is 11.2. The van der Waals surface area contributed by atoms with Crippen LogP contribution in [0.15, 0.2) is 54.7 Å². The quantitative estimate of drug-likeness (QED) is 0.780. The van der Waals surface area contributed by atoms with Crippen molar-refractivity contribution in [3.63, 3.8) is 0 Å². The van der Waals surface area contributed by atoms with Gasteiger partial charge in [0, 0.05) is 5.56 Å². The van der Waals surface area contributed by atoms with E-state index in [-0.39, 0.29) is 5.82 Å². The first-order valence-corrected chi connectivity index (χ1v) is 7.33. The number of benzene rings is 2. The molecule has 0 unspecified atom stereocenters. The Hall–Kier alpha value is -3.08. The number of nitrogens with zero attached hydrogens (tertiary/aromatic N) is 2. The Kier molecular flexibility index (Phi) is 3.85. The molecule has 3 rings (SSSR count). The average Bonchev–Trinajstić information content (AvgIpc) is 2.90. The molecule has 0 aliphatic heterocycles. The van der Waals surface area contributed by atoms with Gasteiger partial charge in [-0.25, -0.2) is 4.79 Å². The molecule has 23 heavy (non-hydrogen) atoms. The van der Waals surface area contributed by atoms with Gasteiger partial charge in [0.05, 0.1) is 6.20 Å². The number of hydrogen-bond acceptors (Lipinski definition) is 3. The molecule has 4 N–H and O–H groups in total. The number of carbonyl (C=O) groups excluding carboxylic acids is 1. The molecular formula is C18H18N4O. The number of nitrogen functional groups attached to an aromatic ring is 1. The molecule has 3 aromatic rings. The van der Waals surface area contributed by atoms with Gasteiger partial charge in [-0.1, -0.05) is 54.1 Å². The first-order chi connectivity index (χ1) is 11.0. The van der Waals surface area contributed by atoms with E-state index in [1.165, 1.54) is 16.7 Å². The lowest BCUT2D eigenvalue weighted by molar-refractivity contribution is 0.248. The van der Waals surface area contributed by atoms with E-state index >= 15 is 0 Å². The van der Waals surface area contributed by atoms with E-state index in [1.54, 1.807) is 6.20 Å². The third kappa shape index (κ3) is 3.08. The van der Waals surface area contributed by atoms with E-state index in [4.69, 9.17) is 11.5 Å². The average molecular weight is 306 g/mol. The maximum atomic E-state index is 11.2. The van der Waals surface area contributed by atoms with E-state index in [9.17, 15) is 4.79 Å². The van der Waals surface area contributed by atoms with Gasteiger partial charge >= 0.3 is 6.03 Å². The van der Waals surface area contributed by atoms with Crippen LogP contribution in [0.5, 0.6) is 0 Å². The highest BCUT2D eigenvalue weighted by atomic mass is 16.2. The summed E-state index contributed by atoms with van der Waals surface area (Å²) >= 11 is 0. The monoisotopic (exact) mass is 306 g/mol. The largest absolute Gasteiger partial charge is 0.383 e. The molecule has 1 amide bonds. The van der Waals surface area contributed by atoms with Crippen LogP contribution in [-0.2, 0) is 6.42 Å². The van der Waals surface area contributed by atoms with Crippen molar-refractivity contribution in [3.05, 3.63) is 71.4 Å². The molecule has 0 saturated heterocycles. The zero-order valence-electron chi connectivity index (χ0n) is 12.9. The molecule has 5 heteroatoms. The van der Waals surface area contributed by atoms with Crippen LogP contribution in [0, 0.1) is 6.92 Å². The summed E-state index contributed by atoms with van der Waals surface area (Å²) in [7, 11) is 0. The minimum absolute atomic E-state index is 0.254. The fourth-order valence-electron chi connectivity index (χ4n) is 2.62. The summed E-state index contributed by atoms with van der Waals surface area (Å²) in [4.78, 5) is 11.2. The molecule has 5 nitrogen and oxygen atoms in total. The lowest BCUT2D eigenvalue weighted by Gasteiger charge is -2.05. The van der Waals surface area contributed by atoms with Crippen LogP contribution in [0.1, 0.15) is 16.7 Å². The molecule has 0 radical (unpaired) electrons. The highest BCUT2D eigenvalue weighted by Gasteiger charge is 2.12. The van der Waals surface area contributed by atoms with Gasteiger partial charge in [-0.2, -0.15) is 9.78 Å². The number of aromatic nitrogens is 2. The Labute approximate surface area is 134 Å². The van der Waals surface area contributed by atoms with Gasteiger partial charge in [-0.3, -0.25) is 0 Å². The lowest BCUT2D eigenvalue weighted by Crippen LogP contribution is -2.22. The SMILES string of the molecule is Cc1cccc(Cc2ccc(-c3cnn(C(N)=O)c3N)cc2)c1. The fourth-order valence-corrected chi connectivity index (χ4v) is 2.62. The van der Waals surface area contributed by atoms with Crippen molar-refractivity contribution in [1.29, 1.82) is 0 Å². The number of nitrogens with two attached hydrogens (primary N) is 2. The van der Waals surface area contributed by atoms with Gasteiger partial charge in [0.2, 0.25) is 0 Å². The first kappa shape index (κ1) is 14.8. The Morgan fingerprint density at radius 3 is 2.48 bits per heavy atom. The summed E-state index contributed by atoms with van der Waals surface area (Å²) in [5, 5.41) is 3.91. The molecule has 2 aromatic carbocycles. The summed E-state index contributed by atoms with van der Waals surface area (Å²) in [6, 6.07) is 15.8. The van der Waals surface area contributed by atoms with Crippen LogP contribution >= 0.6 is 0 Å². The van der Waals surface area contributed by atoms with Crippen molar-refractivity contribution in [2.45, 2.75) is 13.3 Å². The number of amides is 1. The van der Waals surface area contributed by atoms with Crippen molar-refractivity contribution < 1.29 is 4.79 Å². The summed E-state index contributed by atoms with van der Waals surface area (Å²) in [6.07, 6.45) is 2.42. The third-order valence-electron chi connectivity index (χ3n) is 3.77. The minimum atomic E-state index is -0.690. The Morgan fingerprint density at radius 1 is 1.13 bits per heavy atom. The number of rotatable bonds is 3. The van der Waals surface area contributed by atoms with Crippen LogP contribution in [0.3, 0.4) is 0 Å². The Bertz CT molecular complexity index is 850. The maximum Gasteiger partial charge on any atom is 0.341 e. The molecule has 0 saturated carbocycles. The van der Waals surface area contributed by atoms with Crippen molar-refractivity contribution >= 4 is 11.8 Å². The molecule has 0 spiro atoms. The predicted octanol–water partition coefficient (Wildman–Crippen LogP) is 2.96. The molecule has 0 aliphatic carbocycles. The molecule has 0 bridgehead atoms. The second-order valence-electron chi connectivity index (χ2n) is 5.56. The minimum Gasteiger partial charge on any atom is -0.383 e. The standard InChI is InChI=1S/C18H18N4O/c1-12-3-2-4-14(9-12)10-13-5-7-15(8-6-13)16-11-21-22(17(16)19)18(20)23/h2-9,11H,10,19H2,1H3,(H2,20,23). The number of anilines is 1. The van der Waals surface area contributed by atoms with Crippen LogP contribution in [-0.4, -0.2) is 15.8 Å². The fraction of sp³-hybridized carbons (Fsp3) is 0.111. The highest BCUT2D eigenvalue weighted by Crippen LogP contribution is 2.26. The number of hydrogen-bond donors (Lipinski definition) is 2. The summed E-state index contributed by atoms with van der Waals surface area (Å²) in [6.45, 7) is 2.09. The van der Waals surface area contributed by atoms with E-state index in [0.717, 1.165) is 16.7 Å².